The zero-order chi connectivity index (χ0) is 15.2. The third kappa shape index (κ3) is 3.66. The Kier molecular flexibility index (Phi) is 7.91. The first-order valence-corrected chi connectivity index (χ1v) is 21.4. The van der Waals surface area contributed by atoms with Crippen LogP contribution in [-0.4, -0.2) is 6.88 Å². The second-order valence-electron chi connectivity index (χ2n) is 7.49. The molecule has 0 aromatic carbocycles. The van der Waals surface area contributed by atoms with Gasteiger partial charge in [0.05, 0.1) is 0 Å². The second-order valence-corrected chi connectivity index (χ2v) is 36.2. The first-order valence-electron chi connectivity index (χ1n) is 8.08. The van der Waals surface area contributed by atoms with Crippen molar-refractivity contribution in [2.24, 2.45) is 0 Å². The standard InChI is InChI=1S/2C8H11.2CH3.2ClH.H2Si.Zr/c2*1-3-8-6-4-5-7(8)2;;;;;;/h2*5H,3-4H2,1-2H3;2*1H3;2*1H;1H2;. The molecule has 0 fully saturated rings. The van der Waals surface area contributed by atoms with Crippen molar-refractivity contribution in [3.63, 3.8) is 0 Å². The van der Waals surface area contributed by atoms with Gasteiger partial charge in [-0.1, -0.05) is 0 Å². The summed E-state index contributed by atoms with van der Waals surface area (Å²) in [7, 11) is 0. The van der Waals surface area contributed by atoms with E-state index in [4.69, 9.17) is 0 Å². The van der Waals surface area contributed by atoms with E-state index in [0.717, 1.165) is 0 Å². The van der Waals surface area contributed by atoms with Gasteiger partial charge < -0.3 is 0 Å². The topological polar surface area (TPSA) is 0 Å². The maximum absolute atomic E-state index is 2.92. The number of halogens is 2. The van der Waals surface area contributed by atoms with E-state index in [1.54, 1.807) is 22.3 Å². The van der Waals surface area contributed by atoms with E-state index in [0.29, 0.717) is 0 Å². The van der Waals surface area contributed by atoms with Crippen LogP contribution in [0.4, 0.5) is 0 Å². The molecule has 2 aliphatic carbocycles. The summed E-state index contributed by atoms with van der Waals surface area (Å²) in [5.74, 6) is 0. The molecule has 0 aromatic heterocycles. The molecule has 0 nitrogen and oxygen atoms in total. The normalized spacial score (nSPS) is 18.9. The minimum atomic E-state index is -2.92. The summed E-state index contributed by atoms with van der Waals surface area (Å²) >= 11 is -2.92. The van der Waals surface area contributed by atoms with Gasteiger partial charge in [0, 0.05) is 0 Å². The molecular formula is C18H32Cl2SiZr. The van der Waals surface area contributed by atoms with Crippen LogP contribution < -0.4 is 0 Å². The van der Waals surface area contributed by atoms with Gasteiger partial charge in [-0.3, -0.25) is 0 Å². The van der Waals surface area contributed by atoms with Crippen molar-refractivity contribution < 1.29 is 17.4 Å². The van der Waals surface area contributed by atoms with E-state index in [1.807, 2.05) is 6.56 Å². The van der Waals surface area contributed by atoms with E-state index in [2.05, 4.69) is 56.0 Å². The van der Waals surface area contributed by atoms with Crippen LogP contribution in [-0.2, 0) is 17.4 Å². The Labute approximate surface area is 151 Å². The van der Waals surface area contributed by atoms with Gasteiger partial charge in [0.1, 0.15) is 0 Å². The number of hydrogen-bond acceptors (Lipinski definition) is 0. The third-order valence-corrected chi connectivity index (χ3v) is 22.6. The Hall–Kier alpha value is 0.640. The predicted octanol–water partition coefficient (Wildman–Crippen LogP) is 6.19. The molecule has 0 heterocycles. The Morgan fingerprint density at radius 2 is 1.18 bits per heavy atom. The van der Waals surface area contributed by atoms with Gasteiger partial charge in [-0.25, -0.2) is 0 Å². The average molecular weight is 439 g/mol. The minimum Gasteiger partial charge on any atom is -0.147 e. The fourth-order valence-electron chi connectivity index (χ4n) is 4.27. The molecule has 0 saturated heterocycles. The van der Waals surface area contributed by atoms with Crippen molar-refractivity contribution in [3.8, 4) is 0 Å². The average Bonchev–Trinajstić information content (AvgIpc) is 2.92. The summed E-state index contributed by atoms with van der Waals surface area (Å²) in [6.45, 7) is 11.7. The summed E-state index contributed by atoms with van der Waals surface area (Å²) in [6.07, 6.45) is 9.84. The Bertz CT molecular complexity index is 592. The van der Waals surface area contributed by atoms with Crippen LogP contribution in [0.1, 0.15) is 53.4 Å². The van der Waals surface area contributed by atoms with Crippen LogP contribution in [0.2, 0.25) is 9.26 Å². The van der Waals surface area contributed by atoms with Gasteiger partial charge in [-0.2, -0.15) is 0 Å². The van der Waals surface area contributed by atoms with Crippen LogP contribution in [0.25, 0.3) is 0 Å². The van der Waals surface area contributed by atoms with Crippen molar-refractivity contribution >= 4 is 31.7 Å². The molecule has 0 spiro atoms. The molecule has 2 rings (SSSR count). The largest absolute Gasteiger partial charge is 0.147 e. The fraction of sp³-hybridized carbons (Fsp3) is 0.556. The molecule has 0 N–H and O–H groups in total. The molecule has 0 unspecified atom stereocenters. The van der Waals surface area contributed by atoms with Crippen LogP contribution in [0.5, 0.6) is 0 Å². The number of hydrogen-bond donors (Lipinski definition) is 0. The molecule has 0 bridgehead atoms. The Balaban J connectivity index is 0.00000220. The van der Waals surface area contributed by atoms with Crippen molar-refractivity contribution in [1.82, 2.24) is 0 Å². The maximum atomic E-state index is 2.68. The summed E-state index contributed by atoms with van der Waals surface area (Å²) in [5, 5.41) is 0. The van der Waals surface area contributed by atoms with Gasteiger partial charge in [0.25, 0.3) is 0 Å². The van der Waals surface area contributed by atoms with Crippen LogP contribution in [0.3, 0.4) is 0 Å². The number of rotatable bonds is 4. The zero-order valence-corrected chi connectivity index (χ0v) is 20.5. The van der Waals surface area contributed by atoms with Gasteiger partial charge in [-0.15, -0.1) is 24.8 Å². The van der Waals surface area contributed by atoms with E-state index < -0.39 is 17.4 Å². The van der Waals surface area contributed by atoms with E-state index in [-0.39, 0.29) is 24.8 Å². The molecule has 0 saturated carbocycles. The predicted molar refractivity (Wildman–Crippen MR) is 106 cm³/mol. The van der Waals surface area contributed by atoms with Gasteiger partial charge in [-0.05, 0) is 0 Å². The van der Waals surface area contributed by atoms with Crippen molar-refractivity contribution in [2.75, 3.05) is 0 Å². The Morgan fingerprint density at radius 1 is 0.864 bits per heavy atom. The first-order chi connectivity index (χ1) is 9.21. The molecule has 2 aliphatic rings. The molecule has 0 atom stereocenters. The zero-order valence-electron chi connectivity index (χ0n) is 15.0. The molecular weight excluding hydrogens is 406 g/mol. The molecule has 126 valence electrons. The van der Waals surface area contributed by atoms with Gasteiger partial charge in [0.2, 0.25) is 0 Å². The van der Waals surface area contributed by atoms with E-state index >= 15 is 0 Å². The maximum Gasteiger partial charge on any atom is -0.147 e. The summed E-state index contributed by atoms with van der Waals surface area (Å²) < 4.78 is 9.09. The SMILES string of the molecule is CCC1=[C]([Zr]([CH3])([CH3])(=[SiH2])[C]2=C(CC)C(C)=CC2)CC=C1C.Cl.Cl. The summed E-state index contributed by atoms with van der Waals surface area (Å²) in [5.41, 5.74) is 6.50. The van der Waals surface area contributed by atoms with E-state index in [1.165, 1.54) is 25.7 Å². The molecule has 22 heavy (non-hydrogen) atoms. The first kappa shape index (κ1) is 22.6. The van der Waals surface area contributed by atoms with Crippen molar-refractivity contribution in [3.05, 3.63) is 41.0 Å². The summed E-state index contributed by atoms with van der Waals surface area (Å²) in [6, 6.07) is 0. The third-order valence-electron chi connectivity index (χ3n) is 5.55. The Morgan fingerprint density at radius 3 is 1.45 bits per heavy atom. The van der Waals surface area contributed by atoms with Crippen molar-refractivity contribution in [1.29, 1.82) is 0 Å². The molecule has 0 aromatic rings. The van der Waals surface area contributed by atoms with Crippen LogP contribution in [0, 0.1) is 0 Å². The van der Waals surface area contributed by atoms with Crippen LogP contribution in [0.15, 0.2) is 41.0 Å². The smallest absolute Gasteiger partial charge is 0.147 e. The number of allylic oxidation sites excluding steroid dienone is 8. The van der Waals surface area contributed by atoms with Gasteiger partial charge >= 0.3 is 128 Å². The molecule has 4 heteroatoms. The molecule has 0 amide bonds. The molecule has 0 aliphatic heterocycles. The quantitative estimate of drug-likeness (QED) is 0.459. The molecule has 0 radical (unpaired) electrons. The van der Waals surface area contributed by atoms with E-state index in [9.17, 15) is 0 Å². The summed E-state index contributed by atoms with van der Waals surface area (Å²) in [4.78, 5) is 0. The minimum absolute atomic E-state index is 0. The second kappa shape index (κ2) is 7.68. The van der Waals surface area contributed by atoms with Gasteiger partial charge in [0.15, 0.2) is 0 Å². The monoisotopic (exact) mass is 436 g/mol. The van der Waals surface area contributed by atoms with Crippen molar-refractivity contribution in [2.45, 2.75) is 62.6 Å². The fourth-order valence-corrected chi connectivity index (χ4v) is 19.7. The van der Waals surface area contributed by atoms with Crippen LogP contribution >= 0.6 is 24.8 Å².